The standard InChI is InChI=1S/C16H26N2O2/c1-11(2)10-19-16-14(17)8-9-15(18-16)20-13-6-4-12(3)5-7-13/h8-9,11-13H,4-7,10,17H2,1-3H3. The van der Waals surface area contributed by atoms with Crippen LogP contribution >= 0.6 is 0 Å². The molecule has 4 nitrogen and oxygen atoms in total. The van der Waals surface area contributed by atoms with Crippen LogP contribution in [-0.2, 0) is 0 Å². The molecule has 1 saturated carbocycles. The zero-order valence-electron chi connectivity index (χ0n) is 12.8. The van der Waals surface area contributed by atoms with Crippen molar-refractivity contribution in [3.63, 3.8) is 0 Å². The normalized spacial score (nSPS) is 22.8. The summed E-state index contributed by atoms with van der Waals surface area (Å²) in [5.41, 5.74) is 6.45. The topological polar surface area (TPSA) is 57.4 Å². The fourth-order valence-corrected chi connectivity index (χ4v) is 2.38. The first kappa shape index (κ1) is 14.9. The lowest BCUT2D eigenvalue weighted by Crippen LogP contribution is -2.23. The molecular formula is C16H26N2O2. The van der Waals surface area contributed by atoms with Crippen molar-refractivity contribution in [1.29, 1.82) is 0 Å². The quantitative estimate of drug-likeness (QED) is 0.893. The van der Waals surface area contributed by atoms with Crippen molar-refractivity contribution < 1.29 is 9.47 Å². The van der Waals surface area contributed by atoms with E-state index in [-0.39, 0.29) is 6.10 Å². The fraction of sp³-hybridized carbons (Fsp3) is 0.688. The molecule has 1 aromatic heterocycles. The molecular weight excluding hydrogens is 252 g/mol. The lowest BCUT2D eigenvalue weighted by molar-refractivity contribution is 0.128. The number of hydrogen-bond donors (Lipinski definition) is 1. The summed E-state index contributed by atoms with van der Waals surface area (Å²) >= 11 is 0. The van der Waals surface area contributed by atoms with Gasteiger partial charge in [-0.3, -0.25) is 0 Å². The van der Waals surface area contributed by atoms with Gasteiger partial charge in [0.05, 0.1) is 12.3 Å². The molecule has 0 aromatic carbocycles. The minimum absolute atomic E-state index is 0.278. The minimum Gasteiger partial charge on any atom is -0.476 e. The van der Waals surface area contributed by atoms with Crippen LogP contribution in [0.4, 0.5) is 5.69 Å². The Balaban J connectivity index is 1.96. The molecule has 0 unspecified atom stereocenters. The first-order chi connectivity index (χ1) is 9.54. The molecule has 0 saturated heterocycles. The van der Waals surface area contributed by atoms with E-state index in [0.29, 0.717) is 30.0 Å². The van der Waals surface area contributed by atoms with E-state index in [1.807, 2.05) is 12.1 Å². The predicted octanol–water partition coefficient (Wildman–Crippen LogP) is 3.66. The van der Waals surface area contributed by atoms with Gasteiger partial charge in [-0.25, -0.2) is 0 Å². The number of pyridine rings is 1. The monoisotopic (exact) mass is 278 g/mol. The van der Waals surface area contributed by atoms with Crippen LogP contribution in [0.2, 0.25) is 0 Å². The van der Waals surface area contributed by atoms with E-state index in [0.717, 1.165) is 18.8 Å². The lowest BCUT2D eigenvalue weighted by Gasteiger charge is -2.26. The molecule has 0 radical (unpaired) electrons. The van der Waals surface area contributed by atoms with E-state index in [2.05, 4.69) is 25.8 Å². The number of nitrogens with zero attached hydrogens (tertiary/aromatic N) is 1. The number of hydrogen-bond acceptors (Lipinski definition) is 4. The summed E-state index contributed by atoms with van der Waals surface area (Å²) in [5, 5.41) is 0. The summed E-state index contributed by atoms with van der Waals surface area (Å²) in [6.07, 6.45) is 4.96. The second kappa shape index (κ2) is 6.82. The molecule has 1 fully saturated rings. The molecule has 0 bridgehead atoms. The summed E-state index contributed by atoms with van der Waals surface area (Å²) in [5.74, 6) is 2.37. The second-order valence-corrected chi connectivity index (χ2v) is 6.25. The average molecular weight is 278 g/mol. The van der Waals surface area contributed by atoms with Crippen LogP contribution in [0.15, 0.2) is 12.1 Å². The van der Waals surface area contributed by atoms with Crippen LogP contribution in [0.25, 0.3) is 0 Å². The van der Waals surface area contributed by atoms with Crippen molar-refractivity contribution in [2.45, 2.75) is 52.6 Å². The van der Waals surface area contributed by atoms with E-state index in [4.69, 9.17) is 15.2 Å². The van der Waals surface area contributed by atoms with Gasteiger partial charge in [0.25, 0.3) is 0 Å². The highest BCUT2D eigenvalue weighted by Crippen LogP contribution is 2.28. The Morgan fingerprint density at radius 3 is 2.60 bits per heavy atom. The molecule has 4 heteroatoms. The number of nitrogens with two attached hydrogens (primary N) is 1. The van der Waals surface area contributed by atoms with Gasteiger partial charge in [-0.05, 0) is 43.6 Å². The molecule has 2 N–H and O–H groups in total. The van der Waals surface area contributed by atoms with Crippen molar-refractivity contribution in [2.75, 3.05) is 12.3 Å². The molecule has 1 aliphatic carbocycles. The fourth-order valence-electron chi connectivity index (χ4n) is 2.38. The van der Waals surface area contributed by atoms with Crippen LogP contribution in [-0.4, -0.2) is 17.7 Å². The van der Waals surface area contributed by atoms with E-state index >= 15 is 0 Å². The molecule has 0 amide bonds. The predicted molar refractivity (Wildman–Crippen MR) is 81.0 cm³/mol. The molecule has 1 aliphatic rings. The van der Waals surface area contributed by atoms with E-state index in [9.17, 15) is 0 Å². The number of ether oxygens (including phenoxy) is 2. The van der Waals surface area contributed by atoms with Crippen LogP contribution in [0, 0.1) is 11.8 Å². The number of nitrogen functional groups attached to an aromatic ring is 1. The molecule has 112 valence electrons. The Morgan fingerprint density at radius 2 is 1.95 bits per heavy atom. The maximum Gasteiger partial charge on any atom is 0.240 e. The number of anilines is 1. The Morgan fingerprint density at radius 1 is 1.25 bits per heavy atom. The van der Waals surface area contributed by atoms with Crippen LogP contribution < -0.4 is 15.2 Å². The Bertz CT molecular complexity index is 426. The Hall–Kier alpha value is -1.45. The van der Waals surface area contributed by atoms with Crippen molar-refractivity contribution >= 4 is 5.69 Å². The molecule has 0 aliphatic heterocycles. The first-order valence-electron chi connectivity index (χ1n) is 7.60. The van der Waals surface area contributed by atoms with Gasteiger partial charge in [0.15, 0.2) is 0 Å². The molecule has 1 aromatic rings. The Kier molecular flexibility index (Phi) is 5.10. The zero-order valence-corrected chi connectivity index (χ0v) is 12.8. The third-order valence-corrected chi connectivity index (χ3v) is 3.67. The molecule has 1 heterocycles. The van der Waals surface area contributed by atoms with Gasteiger partial charge >= 0.3 is 0 Å². The van der Waals surface area contributed by atoms with E-state index in [1.165, 1.54) is 12.8 Å². The van der Waals surface area contributed by atoms with Crippen molar-refractivity contribution in [3.05, 3.63) is 12.1 Å². The third-order valence-electron chi connectivity index (χ3n) is 3.67. The van der Waals surface area contributed by atoms with Gasteiger partial charge in [0, 0.05) is 6.07 Å². The smallest absolute Gasteiger partial charge is 0.240 e. The summed E-state index contributed by atoms with van der Waals surface area (Å²) in [7, 11) is 0. The maximum atomic E-state index is 5.96. The van der Waals surface area contributed by atoms with Gasteiger partial charge in [-0.1, -0.05) is 20.8 Å². The third kappa shape index (κ3) is 4.29. The lowest BCUT2D eigenvalue weighted by atomic mass is 9.89. The van der Waals surface area contributed by atoms with Gasteiger partial charge in [-0.2, -0.15) is 4.98 Å². The molecule has 2 rings (SSSR count). The van der Waals surface area contributed by atoms with E-state index in [1.54, 1.807) is 0 Å². The molecule has 0 spiro atoms. The largest absolute Gasteiger partial charge is 0.476 e. The van der Waals surface area contributed by atoms with Crippen LogP contribution in [0.1, 0.15) is 46.5 Å². The highest BCUT2D eigenvalue weighted by molar-refractivity contribution is 5.49. The number of rotatable bonds is 5. The maximum absolute atomic E-state index is 5.96. The van der Waals surface area contributed by atoms with Crippen LogP contribution in [0.5, 0.6) is 11.8 Å². The number of aromatic nitrogens is 1. The van der Waals surface area contributed by atoms with E-state index < -0.39 is 0 Å². The highest BCUT2D eigenvalue weighted by Gasteiger charge is 2.20. The van der Waals surface area contributed by atoms with Crippen LogP contribution in [0.3, 0.4) is 0 Å². The highest BCUT2D eigenvalue weighted by atomic mass is 16.5. The molecule has 20 heavy (non-hydrogen) atoms. The minimum atomic E-state index is 0.278. The SMILES string of the molecule is CC(C)COc1nc(OC2CCC(C)CC2)ccc1N. The summed E-state index contributed by atoms with van der Waals surface area (Å²) in [6, 6.07) is 3.64. The van der Waals surface area contributed by atoms with Gasteiger partial charge < -0.3 is 15.2 Å². The van der Waals surface area contributed by atoms with Crippen molar-refractivity contribution in [2.24, 2.45) is 11.8 Å². The van der Waals surface area contributed by atoms with Gasteiger partial charge in [-0.15, -0.1) is 0 Å². The summed E-state index contributed by atoms with van der Waals surface area (Å²) in [4.78, 5) is 4.39. The molecule has 0 atom stereocenters. The summed E-state index contributed by atoms with van der Waals surface area (Å²) in [6.45, 7) is 7.11. The van der Waals surface area contributed by atoms with Gasteiger partial charge in [0.2, 0.25) is 11.8 Å². The zero-order chi connectivity index (χ0) is 14.5. The average Bonchev–Trinajstić information content (AvgIpc) is 2.42. The van der Waals surface area contributed by atoms with Crippen molar-refractivity contribution in [1.82, 2.24) is 4.98 Å². The summed E-state index contributed by atoms with van der Waals surface area (Å²) < 4.78 is 11.6. The first-order valence-corrected chi connectivity index (χ1v) is 7.60. The van der Waals surface area contributed by atoms with Crippen molar-refractivity contribution in [3.8, 4) is 11.8 Å². The second-order valence-electron chi connectivity index (χ2n) is 6.25. The Labute approximate surface area is 121 Å². The van der Waals surface area contributed by atoms with Gasteiger partial charge in [0.1, 0.15) is 6.10 Å².